The van der Waals surface area contributed by atoms with Crippen LogP contribution in [0.1, 0.15) is 43.0 Å². The monoisotopic (exact) mass is 424 g/mol. The fourth-order valence-corrected chi connectivity index (χ4v) is 3.90. The molecule has 0 fully saturated rings. The van der Waals surface area contributed by atoms with Crippen LogP contribution in [0.25, 0.3) is 0 Å². The number of esters is 1. The van der Waals surface area contributed by atoms with Crippen LogP contribution in [0.2, 0.25) is 0 Å². The average molecular weight is 424 g/mol. The topological polar surface area (TPSA) is 87.2 Å². The van der Waals surface area contributed by atoms with Crippen LogP contribution < -0.4 is 4.74 Å². The number of aromatic hydroxyl groups is 1. The zero-order chi connectivity index (χ0) is 22.5. The van der Waals surface area contributed by atoms with Gasteiger partial charge in [0, 0.05) is 58.1 Å². The van der Waals surface area contributed by atoms with Crippen molar-refractivity contribution in [1.29, 1.82) is 0 Å². The molecule has 2 aliphatic rings. The largest absolute Gasteiger partial charge is 0.508 e. The number of ether oxygens (including phenoxy) is 1. The van der Waals surface area contributed by atoms with E-state index in [0.717, 1.165) is 48.2 Å². The molecular weight excluding hydrogens is 396 g/mol. The smallest absolute Gasteiger partial charge is 0.308 e. The van der Waals surface area contributed by atoms with Crippen LogP contribution in [-0.2, 0) is 40.3 Å². The number of rotatable bonds is 1. The summed E-state index contributed by atoms with van der Waals surface area (Å²) in [6.07, 6.45) is 1.65. The first kappa shape index (κ1) is 22.3. The number of phenols is 1. The van der Waals surface area contributed by atoms with Gasteiger partial charge in [0.25, 0.3) is 0 Å². The summed E-state index contributed by atoms with van der Waals surface area (Å²) in [6.45, 7) is 7.04. The Morgan fingerprint density at radius 2 is 1.32 bits per heavy atom. The fraction of sp³-hybridized carbons (Fsp3) is 0.375. The van der Waals surface area contributed by atoms with Crippen LogP contribution in [0.3, 0.4) is 0 Å². The lowest BCUT2D eigenvalue weighted by Crippen LogP contribution is -2.34. The molecular formula is C24H28N2O5. The molecule has 0 spiro atoms. The second kappa shape index (κ2) is 9.64. The third-order valence-electron chi connectivity index (χ3n) is 5.62. The minimum atomic E-state index is -0.335. The zero-order valence-electron chi connectivity index (χ0n) is 18.2. The van der Waals surface area contributed by atoms with Gasteiger partial charge >= 0.3 is 5.97 Å². The number of amides is 2. The van der Waals surface area contributed by atoms with E-state index >= 15 is 0 Å². The zero-order valence-corrected chi connectivity index (χ0v) is 18.2. The Hall–Kier alpha value is -3.35. The molecule has 0 aromatic heterocycles. The van der Waals surface area contributed by atoms with Gasteiger partial charge in [0.2, 0.25) is 11.8 Å². The summed E-state index contributed by atoms with van der Waals surface area (Å²) < 4.78 is 5.16. The third-order valence-corrected chi connectivity index (χ3v) is 5.62. The Labute approximate surface area is 182 Å². The van der Waals surface area contributed by atoms with Gasteiger partial charge in [-0.3, -0.25) is 14.4 Å². The summed E-state index contributed by atoms with van der Waals surface area (Å²) in [5.41, 5.74) is 4.15. The molecule has 4 rings (SSSR count). The molecule has 2 amide bonds. The number of carbonyl (C=O) groups is 3. The number of benzene rings is 2. The van der Waals surface area contributed by atoms with E-state index in [1.54, 1.807) is 35.8 Å². The molecule has 0 atom stereocenters. The quantitative estimate of drug-likeness (QED) is 0.562. The molecule has 1 N–H and O–H groups in total. The standard InChI is InChI=1S/C13H15NO3.C11H13NO2/c1-9(15)14-7-6-11-4-3-5-13(12(11)8-14)17-10(2)16;1-8(13)12-6-5-9-3-2-4-11(14)10(9)7-12/h3-5H,6-8H2,1-2H3;2-4,14H,5-7H2,1H3. The van der Waals surface area contributed by atoms with Gasteiger partial charge in [-0.1, -0.05) is 24.3 Å². The lowest BCUT2D eigenvalue weighted by molar-refractivity contribution is -0.132. The van der Waals surface area contributed by atoms with E-state index in [1.807, 2.05) is 24.3 Å². The van der Waals surface area contributed by atoms with E-state index in [4.69, 9.17) is 4.74 Å². The van der Waals surface area contributed by atoms with Crippen molar-refractivity contribution in [2.24, 2.45) is 0 Å². The number of fused-ring (bicyclic) bond motifs is 2. The molecule has 0 unspecified atom stereocenters. The van der Waals surface area contributed by atoms with Crippen LogP contribution in [-0.4, -0.2) is 45.8 Å². The van der Waals surface area contributed by atoms with E-state index in [0.29, 0.717) is 24.6 Å². The van der Waals surface area contributed by atoms with E-state index < -0.39 is 0 Å². The number of nitrogens with zero attached hydrogens (tertiary/aromatic N) is 2. The first-order valence-electron chi connectivity index (χ1n) is 10.4. The molecule has 7 nitrogen and oxygen atoms in total. The van der Waals surface area contributed by atoms with E-state index in [1.165, 1.54) is 6.92 Å². The normalized spacial score (nSPS) is 14.5. The highest BCUT2D eigenvalue weighted by molar-refractivity contribution is 5.74. The fourth-order valence-electron chi connectivity index (χ4n) is 3.90. The molecule has 2 aromatic rings. The van der Waals surface area contributed by atoms with Crippen LogP contribution >= 0.6 is 0 Å². The Morgan fingerprint density at radius 3 is 1.87 bits per heavy atom. The maximum absolute atomic E-state index is 11.4. The van der Waals surface area contributed by atoms with E-state index in [9.17, 15) is 19.5 Å². The molecule has 0 radical (unpaired) electrons. The first-order valence-corrected chi connectivity index (χ1v) is 10.4. The number of carbonyl (C=O) groups excluding carboxylic acids is 3. The van der Waals surface area contributed by atoms with Crippen molar-refractivity contribution in [2.45, 2.75) is 46.7 Å². The number of hydrogen-bond acceptors (Lipinski definition) is 5. The summed E-state index contributed by atoms with van der Waals surface area (Å²) in [5, 5.41) is 9.62. The van der Waals surface area contributed by atoms with Crippen molar-refractivity contribution in [2.75, 3.05) is 13.1 Å². The predicted molar refractivity (Wildman–Crippen MR) is 115 cm³/mol. The van der Waals surface area contributed by atoms with Crippen molar-refractivity contribution >= 4 is 17.8 Å². The van der Waals surface area contributed by atoms with E-state index in [-0.39, 0.29) is 17.8 Å². The molecule has 2 aromatic carbocycles. The van der Waals surface area contributed by atoms with Crippen LogP contribution in [0.4, 0.5) is 0 Å². The van der Waals surface area contributed by atoms with Gasteiger partial charge in [-0.15, -0.1) is 0 Å². The van der Waals surface area contributed by atoms with Crippen molar-refractivity contribution < 1.29 is 24.2 Å². The Balaban J connectivity index is 0.000000179. The molecule has 7 heteroatoms. The summed E-state index contributed by atoms with van der Waals surface area (Å²) >= 11 is 0. The highest BCUT2D eigenvalue weighted by atomic mass is 16.5. The summed E-state index contributed by atoms with van der Waals surface area (Å²) in [4.78, 5) is 37.0. The molecule has 0 aliphatic carbocycles. The lowest BCUT2D eigenvalue weighted by atomic mass is 9.99. The van der Waals surface area contributed by atoms with Gasteiger partial charge in [-0.2, -0.15) is 0 Å². The van der Waals surface area contributed by atoms with E-state index in [2.05, 4.69) is 0 Å². The number of phenolic OH excluding ortho intramolecular Hbond substituents is 1. The van der Waals surface area contributed by atoms with Crippen molar-refractivity contribution in [3.8, 4) is 11.5 Å². The third kappa shape index (κ3) is 5.42. The first-order chi connectivity index (χ1) is 14.8. The molecule has 31 heavy (non-hydrogen) atoms. The Bertz CT molecular complexity index is 1000. The van der Waals surface area contributed by atoms with Gasteiger partial charge in [0.05, 0.1) is 0 Å². The maximum atomic E-state index is 11.4. The molecule has 164 valence electrons. The minimum Gasteiger partial charge on any atom is -0.508 e. The second-order valence-corrected chi connectivity index (χ2v) is 7.78. The van der Waals surface area contributed by atoms with Crippen molar-refractivity contribution in [3.63, 3.8) is 0 Å². The molecule has 2 heterocycles. The predicted octanol–water partition coefficient (Wildman–Crippen LogP) is 2.81. The van der Waals surface area contributed by atoms with Crippen molar-refractivity contribution in [1.82, 2.24) is 9.80 Å². The molecule has 0 saturated carbocycles. The highest BCUT2D eigenvalue weighted by Crippen LogP contribution is 2.28. The maximum Gasteiger partial charge on any atom is 0.308 e. The van der Waals surface area contributed by atoms with Crippen LogP contribution in [0, 0.1) is 0 Å². The van der Waals surface area contributed by atoms with Gasteiger partial charge in [-0.05, 0) is 36.1 Å². The summed E-state index contributed by atoms with van der Waals surface area (Å²) in [7, 11) is 0. The minimum absolute atomic E-state index is 0.0493. The van der Waals surface area contributed by atoms with Gasteiger partial charge in [0.15, 0.2) is 0 Å². The SMILES string of the molecule is CC(=O)N1CCc2cccc(O)c2C1.CC(=O)Oc1cccc2c1CN(C(C)=O)CC2. The van der Waals surface area contributed by atoms with Crippen molar-refractivity contribution in [3.05, 3.63) is 58.7 Å². The molecule has 0 bridgehead atoms. The average Bonchev–Trinajstić information content (AvgIpc) is 2.74. The Kier molecular flexibility index (Phi) is 6.95. The molecule has 0 saturated heterocycles. The summed E-state index contributed by atoms with van der Waals surface area (Å²) in [6, 6.07) is 11.2. The van der Waals surface area contributed by atoms with Gasteiger partial charge in [0.1, 0.15) is 11.5 Å². The highest BCUT2D eigenvalue weighted by Gasteiger charge is 2.22. The number of hydrogen-bond donors (Lipinski definition) is 1. The van der Waals surface area contributed by atoms with Crippen LogP contribution in [0.15, 0.2) is 36.4 Å². The summed E-state index contributed by atoms with van der Waals surface area (Å²) in [5.74, 6) is 0.653. The van der Waals surface area contributed by atoms with Crippen LogP contribution in [0.5, 0.6) is 11.5 Å². The second-order valence-electron chi connectivity index (χ2n) is 7.78. The van der Waals surface area contributed by atoms with Gasteiger partial charge < -0.3 is 19.6 Å². The Morgan fingerprint density at radius 1 is 0.806 bits per heavy atom. The van der Waals surface area contributed by atoms with Gasteiger partial charge in [-0.25, -0.2) is 0 Å². The lowest BCUT2D eigenvalue weighted by Gasteiger charge is -2.28. The molecule has 2 aliphatic heterocycles.